The van der Waals surface area contributed by atoms with Gasteiger partial charge in [0.05, 0.1) is 25.6 Å². The van der Waals surface area contributed by atoms with Gasteiger partial charge in [-0.1, -0.05) is 0 Å². The van der Waals surface area contributed by atoms with E-state index in [2.05, 4.69) is 9.97 Å². The van der Waals surface area contributed by atoms with E-state index in [1.165, 1.54) is 12.4 Å². The molecule has 0 aromatic carbocycles. The fourth-order valence-corrected chi connectivity index (χ4v) is 1.28. The van der Waals surface area contributed by atoms with Gasteiger partial charge in [0.25, 0.3) is 0 Å². The van der Waals surface area contributed by atoms with E-state index in [0.717, 1.165) is 6.42 Å². The van der Waals surface area contributed by atoms with Crippen molar-refractivity contribution in [2.75, 3.05) is 13.2 Å². The summed E-state index contributed by atoms with van der Waals surface area (Å²) in [5, 5.41) is 8.69. The van der Waals surface area contributed by atoms with Gasteiger partial charge < -0.3 is 14.6 Å². The second-order valence-corrected chi connectivity index (χ2v) is 3.15. The molecule has 6 nitrogen and oxygen atoms in total. The number of aromatic carboxylic acids is 1. The van der Waals surface area contributed by atoms with Crippen molar-refractivity contribution in [2.45, 2.75) is 12.5 Å². The monoisotopic (exact) mass is 210 g/mol. The van der Waals surface area contributed by atoms with Gasteiger partial charge in [-0.15, -0.1) is 0 Å². The van der Waals surface area contributed by atoms with Crippen molar-refractivity contribution in [3.63, 3.8) is 0 Å². The average molecular weight is 210 g/mol. The third-order valence-corrected chi connectivity index (χ3v) is 2.01. The second kappa shape index (κ2) is 4.22. The Morgan fingerprint density at radius 2 is 2.47 bits per heavy atom. The number of carboxylic acids is 1. The van der Waals surface area contributed by atoms with Gasteiger partial charge in [0.15, 0.2) is 5.69 Å². The van der Waals surface area contributed by atoms with Crippen molar-refractivity contribution in [2.24, 2.45) is 0 Å². The third-order valence-electron chi connectivity index (χ3n) is 2.01. The summed E-state index contributed by atoms with van der Waals surface area (Å²) in [6.45, 7) is 1.18. The highest BCUT2D eigenvalue weighted by Crippen LogP contribution is 2.13. The lowest BCUT2D eigenvalue weighted by atomic mass is 10.3. The van der Waals surface area contributed by atoms with Crippen LogP contribution < -0.4 is 4.74 Å². The lowest BCUT2D eigenvalue weighted by Gasteiger charge is -2.09. The van der Waals surface area contributed by atoms with Crippen LogP contribution in [0.2, 0.25) is 0 Å². The Bertz CT molecular complexity index is 363. The molecule has 0 aliphatic carbocycles. The van der Waals surface area contributed by atoms with E-state index in [4.69, 9.17) is 14.6 Å². The molecule has 1 aliphatic rings. The Morgan fingerprint density at radius 1 is 1.60 bits per heavy atom. The van der Waals surface area contributed by atoms with E-state index in [-0.39, 0.29) is 17.7 Å². The van der Waals surface area contributed by atoms with Crippen molar-refractivity contribution >= 4 is 5.97 Å². The molecule has 1 aromatic rings. The zero-order valence-electron chi connectivity index (χ0n) is 7.92. The molecule has 0 amide bonds. The number of aromatic nitrogens is 2. The normalized spacial score (nSPS) is 20.1. The Balaban J connectivity index is 2.07. The zero-order chi connectivity index (χ0) is 10.7. The molecular weight excluding hydrogens is 200 g/mol. The van der Waals surface area contributed by atoms with Gasteiger partial charge in [0.2, 0.25) is 5.88 Å². The van der Waals surface area contributed by atoms with E-state index < -0.39 is 5.97 Å². The summed E-state index contributed by atoms with van der Waals surface area (Å²) >= 11 is 0. The van der Waals surface area contributed by atoms with Crippen LogP contribution >= 0.6 is 0 Å². The first-order valence-corrected chi connectivity index (χ1v) is 4.55. The molecule has 0 bridgehead atoms. The minimum absolute atomic E-state index is 0.0525. The molecule has 15 heavy (non-hydrogen) atoms. The van der Waals surface area contributed by atoms with Crippen molar-refractivity contribution < 1.29 is 19.4 Å². The van der Waals surface area contributed by atoms with Gasteiger partial charge in [-0.2, -0.15) is 0 Å². The Kier molecular flexibility index (Phi) is 2.77. The summed E-state index contributed by atoms with van der Waals surface area (Å²) < 4.78 is 10.5. The van der Waals surface area contributed by atoms with E-state index in [0.29, 0.717) is 13.2 Å². The first-order valence-electron chi connectivity index (χ1n) is 4.55. The molecule has 1 aliphatic heterocycles. The van der Waals surface area contributed by atoms with Crippen LogP contribution in [0.15, 0.2) is 12.4 Å². The van der Waals surface area contributed by atoms with Crippen LogP contribution in [-0.2, 0) is 4.74 Å². The third kappa shape index (κ3) is 2.41. The standard InChI is InChI=1S/C9H10N2O4/c12-9(13)7-3-10-4-8(11-7)15-6-1-2-14-5-6/h3-4,6H,1-2,5H2,(H,12,13). The van der Waals surface area contributed by atoms with Gasteiger partial charge in [-0.25, -0.2) is 9.78 Å². The summed E-state index contributed by atoms with van der Waals surface area (Å²) in [4.78, 5) is 18.1. The van der Waals surface area contributed by atoms with E-state index in [9.17, 15) is 4.79 Å². The summed E-state index contributed by atoms with van der Waals surface area (Å²) in [6.07, 6.45) is 3.31. The average Bonchev–Trinajstić information content (AvgIpc) is 2.71. The Hall–Kier alpha value is -1.69. The number of ether oxygens (including phenoxy) is 2. The topological polar surface area (TPSA) is 81.5 Å². The van der Waals surface area contributed by atoms with Crippen LogP contribution in [0.1, 0.15) is 16.9 Å². The van der Waals surface area contributed by atoms with Gasteiger partial charge in [-0.3, -0.25) is 4.98 Å². The van der Waals surface area contributed by atoms with Crippen molar-refractivity contribution in [1.82, 2.24) is 9.97 Å². The first-order chi connectivity index (χ1) is 7.25. The molecular formula is C9H10N2O4. The first kappa shape index (κ1) is 9.85. The van der Waals surface area contributed by atoms with E-state index in [1.807, 2.05) is 0 Å². The molecule has 6 heteroatoms. The van der Waals surface area contributed by atoms with Crippen LogP contribution in [-0.4, -0.2) is 40.4 Å². The van der Waals surface area contributed by atoms with E-state index >= 15 is 0 Å². The van der Waals surface area contributed by atoms with Crippen LogP contribution in [0.25, 0.3) is 0 Å². The van der Waals surface area contributed by atoms with Crippen LogP contribution in [0.4, 0.5) is 0 Å². The van der Waals surface area contributed by atoms with Crippen LogP contribution in [0, 0.1) is 0 Å². The molecule has 0 radical (unpaired) electrons. The summed E-state index contributed by atoms with van der Waals surface area (Å²) in [5.41, 5.74) is -0.119. The van der Waals surface area contributed by atoms with Crippen LogP contribution in [0.5, 0.6) is 5.88 Å². The van der Waals surface area contributed by atoms with Crippen molar-refractivity contribution in [3.8, 4) is 5.88 Å². The highest BCUT2D eigenvalue weighted by atomic mass is 16.5. The summed E-state index contributed by atoms with van der Waals surface area (Å²) in [6, 6.07) is 0. The number of carbonyl (C=O) groups is 1. The van der Waals surface area contributed by atoms with Gasteiger partial charge in [-0.05, 0) is 0 Å². The number of nitrogens with zero attached hydrogens (tertiary/aromatic N) is 2. The van der Waals surface area contributed by atoms with E-state index in [1.54, 1.807) is 0 Å². The number of hydrogen-bond donors (Lipinski definition) is 1. The molecule has 0 spiro atoms. The quantitative estimate of drug-likeness (QED) is 0.774. The number of rotatable bonds is 3. The maximum atomic E-state index is 10.6. The van der Waals surface area contributed by atoms with Crippen molar-refractivity contribution in [1.29, 1.82) is 0 Å². The zero-order valence-corrected chi connectivity index (χ0v) is 7.92. The van der Waals surface area contributed by atoms with Gasteiger partial charge in [0, 0.05) is 6.42 Å². The Labute approximate surface area is 85.9 Å². The molecule has 2 rings (SSSR count). The minimum atomic E-state index is -1.12. The molecule has 80 valence electrons. The largest absolute Gasteiger partial charge is 0.476 e. The summed E-state index contributed by atoms with van der Waals surface area (Å²) in [5.74, 6) is -0.888. The molecule has 1 unspecified atom stereocenters. The predicted molar refractivity (Wildman–Crippen MR) is 48.8 cm³/mol. The fourth-order valence-electron chi connectivity index (χ4n) is 1.28. The summed E-state index contributed by atoms with van der Waals surface area (Å²) in [7, 11) is 0. The molecule has 1 fully saturated rings. The maximum absolute atomic E-state index is 10.6. The highest BCUT2D eigenvalue weighted by molar-refractivity contribution is 5.84. The molecule has 2 heterocycles. The second-order valence-electron chi connectivity index (χ2n) is 3.15. The fraction of sp³-hybridized carbons (Fsp3) is 0.444. The van der Waals surface area contributed by atoms with Gasteiger partial charge in [0.1, 0.15) is 6.10 Å². The Morgan fingerprint density at radius 3 is 3.13 bits per heavy atom. The molecule has 1 atom stereocenters. The minimum Gasteiger partial charge on any atom is -0.476 e. The lowest BCUT2D eigenvalue weighted by molar-refractivity contribution is 0.0687. The van der Waals surface area contributed by atoms with Crippen LogP contribution in [0.3, 0.4) is 0 Å². The van der Waals surface area contributed by atoms with Gasteiger partial charge >= 0.3 is 5.97 Å². The molecule has 1 aromatic heterocycles. The molecule has 1 N–H and O–H groups in total. The highest BCUT2D eigenvalue weighted by Gasteiger charge is 2.18. The number of carboxylic acid groups (broad SMARTS) is 1. The SMILES string of the molecule is O=C(O)c1cncc(OC2CCOC2)n1. The lowest BCUT2D eigenvalue weighted by Crippen LogP contribution is -2.17. The molecule has 1 saturated heterocycles. The van der Waals surface area contributed by atoms with Crippen molar-refractivity contribution in [3.05, 3.63) is 18.1 Å². The predicted octanol–water partition coefficient (Wildman–Crippen LogP) is 0.343. The molecule has 0 saturated carbocycles. The number of hydrogen-bond acceptors (Lipinski definition) is 5. The smallest absolute Gasteiger partial charge is 0.356 e. The maximum Gasteiger partial charge on any atom is 0.356 e.